The smallest absolute Gasteiger partial charge is 0.233 e. The zero-order valence-corrected chi connectivity index (χ0v) is 17.0. The molecule has 2 aromatic heterocycles. The Hall–Kier alpha value is -3.13. The predicted octanol–water partition coefficient (Wildman–Crippen LogP) is 3.69. The monoisotopic (exact) mass is 421 g/mol. The van der Waals surface area contributed by atoms with Crippen molar-refractivity contribution in [1.29, 1.82) is 0 Å². The normalized spacial score (nSPS) is 14.6. The van der Waals surface area contributed by atoms with Crippen molar-refractivity contribution in [3.63, 3.8) is 0 Å². The Labute approximate surface area is 177 Å². The summed E-state index contributed by atoms with van der Waals surface area (Å²) in [4.78, 5) is 29.0. The van der Waals surface area contributed by atoms with Gasteiger partial charge in [-0.25, -0.2) is 14.4 Å². The average Bonchev–Trinajstić information content (AvgIpc) is 3.17. The molecule has 4 aromatic rings. The van der Waals surface area contributed by atoms with E-state index in [4.69, 9.17) is 0 Å². The van der Waals surface area contributed by atoms with Gasteiger partial charge in [0.25, 0.3) is 0 Å². The molecule has 1 saturated heterocycles. The van der Waals surface area contributed by atoms with E-state index in [0.717, 1.165) is 45.7 Å². The van der Waals surface area contributed by atoms with Crippen LogP contribution >= 0.6 is 11.8 Å². The predicted molar refractivity (Wildman–Crippen MR) is 117 cm³/mol. The summed E-state index contributed by atoms with van der Waals surface area (Å²) in [6.07, 6.45) is 1.55. The van der Waals surface area contributed by atoms with Crippen LogP contribution in [0, 0.1) is 5.82 Å². The number of hydrogen-bond donors (Lipinski definition) is 1. The maximum Gasteiger partial charge on any atom is 0.233 e. The fourth-order valence-electron chi connectivity index (χ4n) is 3.82. The number of hydrogen-bond acceptors (Lipinski definition) is 5. The minimum absolute atomic E-state index is 0.0987. The molecule has 0 unspecified atom stereocenters. The van der Waals surface area contributed by atoms with Crippen molar-refractivity contribution in [3.05, 3.63) is 60.7 Å². The van der Waals surface area contributed by atoms with Gasteiger partial charge in [-0.2, -0.15) is 0 Å². The molecule has 1 aliphatic rings. The van der Waals surface area contributed by atoms with Crippen LogP contribution < -0.4 is 4.90 Å². The van der Waals surface area contributed by atoms with Gasteiger partial charge in [-0.15, -0.1) is 0 Å². The van der Waals surface area contributed by atoms with Gasteiger partial charge in [0.2, 0.25) is 5.91 Å². The summed E-state index contributed by atoms with van der Waals surface area (Å²) in [5.41, 5.74) is 3.75. The topological polar surface area (TPSA) is 65.1 Å². The molecule has 0 atom stereocenters. The van der Waals surface area contributed by atoms with Gasteiger partial charge in [0.05, 0.1) is 11.3 Å². The van der Waals surface area contributed by atoms with Crippen molar-refractivity contribution in [3.8, 4) is 0 Å². The second-order valence-electron chi connectivity index (χ2n) is 7.21. The standard InChI is InChI=1S/C22H20FN5OS/c23-15-5-7-16(8-6-15)27-9-11-28(12-10-27)19(29)13-30-22-21-20(24-14-25-22)17-3-1-2-4-18(17)26-21/h1-8,14,26H,9-13H2. The third-order valence-electron chi connectivity index (χ3n) is 5.41. The number of H-pyrrole nitrogens is 1. The molecular formula is C22H20FN5OS. The number of halogens is 1. The van der Waals surface area contributed by atoms with Gasteiger partial charge in [-0.3, -0.25) is 4.79 Å². The maximum atomic E-state index is 13.1. The highest BCUT2D eigenvalue weighted by Gasteiger charge is 2.22. The van der Waals surface area contributed by atoms with Crippen molar-refractivity contribution in [1.82, 2.24) is 19.9 Å². The number of anilines is 1. The fourth-order valence-corrected chi connectivity index (χ4v) is 4.67. The number of aromatic nitrogens is 3. The molecule has 1 fully saturated rings. The van der Waals surface area contributed by atoms with E-state index in [2.05, 4.69) is 19.9 Å². The molecule has 0 aliphatic carbocycles. The van der Waals surface area contributed by atoms with Crippen LogP contribution in [0.25, 0.3) is 21.9 Å². The molecule has 30 heavy (non-hydrogen) atoms. The van der Waals surface area contributed by atoms with E-state index in [0.29, 0.717) is 18.8 Å². The molecule has 3 heterocycles. The van der Waals surface area contributed by atoms with Crippen molar-refractivity contribution in [2.24, 2.45) is 0 Å². The summed E-state index contributed by atoms with van der Waals surface area (Å²) in [6.45, 7) is 2.79. The number of carbonyl (C=O) groups excluding carboxylic acids is 1. The molecule has 8 heteroatoms. The molecule has 5 rings (SSSR count). The number of piperazine rings is 1. The van der Waals surface area contributed by atoms with Gasteiger partial charge >= 0.3 is 0 Å². The van der Waals surface area contributed by atoms with E-state index in [-0.39, 0.29) is 11.7 Å². The van der Waals surface area contributed by atoms with Gasteiger partial charge in [-0.05, 0) is 30.3 Å². The number of fused-ring (bicyclic) bond motifs is 3. The first-order chi connectivity index (χ1) is 14.7. The Morgan fingerprint density at radius 1 is 1.03 bits per heavy atom. The molecule has 0 radical (unpaired) electrons. The van der Waals surface area contributed by atoms with Gasteiger partial charge in [0.1, 0.15) is 22.7 Å². The van der Waals surface area contributed by atoms with Gasteiger partial charge in [-0.1, -0.05) is 30.0 Å². The summed E-state index contributed by atoms with van der Waals surface area (Å²) in [5.74, 6) is 0.192. The number of nitrogens with one attached hydrogen (secondary N) is 1. The molecule has 1 aliphatic heterocycles. The molecule has 152 valence electrons. The first kappa shape index (κ1) is 18.9. The fraction of sp³-hybridized carbons (Fsp3) is 0.227. The Balaban J connectivity index is 1.23. The van der Waals surface area contributed by atoms with Gasteiger partial charge in [0.15, 0.2) is 0 Å². The molecule has 0 spiro atoms. The molecule has 1 N–H and O–H groups in total. The molecule has 2 aromatic carbocycles. The van der Waals surface area contributed by atoms with E-state index in [9.17, 15) is 9.18 Å². The van der Waals surface area contributed by atoms with Crippen LogP contribution in [0.3, 0.4) is 0 Å². The van der Waals surface area contributed by atoms with Gasteiger partial charge < -0.3 is 14.8 Å². The number of thioether (sulfide) groups is 1. The van der Waals surface area contributed by atoms with Crippen LogP contribution in [0.2, 0.25) is 0 Å². The van der Waals surface area contributed by atoms with Crippen LogP contribution in [-0.2, 0) is 4.79 Å². The SMILES string of the molecule is O=C(CSc1ncnc2c1[nH]c1ccccc12)N1CCN(c2ccc(F)cc2)CC1. The Morgan fingerprint density at radius 3 is 2.60 bits per heavy atom. The number of aromatic amines is 1. The Kier molecular flexibility index (Phi) is 5.00. The second kappa shape index (κ2) is 7.95. The quantitative estimate of drug-likeness (QED) is 0.402. The summed E-state index contributed by atoms with van der Waals surface area (Å²) in [5, 5.41) is 1.84. The van der Waals surface area contributed by atoms with Crippen molar-refractivity contribution < 1.29 is 9.18 Å². The van der Waals surface area contributed by atoms with Gasteiger partial charge in [0, 0.05) is 42.8 Å². The number of nitrogens with zero attached hydrogens (tertiary/aromatic N) is 4. The molecule has 1 amide bonds. The molecule has 0 saturated carbocycles. The van der Waals surface area contributed by atoms with Crippen molar-refractivity contribution in [2.75, 3.05) is 36.8 Å². The summed E-state index contributed by atoms with van der Waals surface area (Å²) >= 11 is 1.44. The molecule has 0 bridgehead atoms. The third-order valence-corrected chi connectivity index (χ3v) is 6.39. The summed E-state index contributed by atoms with van der Waals surface area (Å²) in [7, 11) is 0. The van der Waals surface area contributed by atoms with E-state index in [1.807, 2.05) is 29.2 Å². The van der Waals surface area contributed by atoms with E-state index >= 15 is 0 Å². The third kappa shape index (κ3) is 3.59. The largest absolute Gasteiger partial charge is 0.368 e. The van der Waals surface area contributed by atoms with Crippen molar-refractivity contribution in [2.45, 2.75) is 5.03 Å². The number of para-hydroxylation sites is 1. The lowest BCUT2D eigenvalue weighted by Gasteiger charge is -2.36. The van der Waals surface area contributed by atoms with Crippen molar-refractivity contribution >= 4 is 45.3 Å². The first-order valence-corrected chi connectivity index (χ1v) is 10.8. The summed E-state index contributed by atoms with van der Waals surface area (Å²) in [6, 6.07) is 14.5. The Bertz CT molecular complexity index is 1200. The van der Waals surface area contributed by atoms with Crippen LogP contribution in [0.5, 0.6) is 0 Å². The highest BCUT2D eigenvalue weighted by molar-refractivity contribution is 8.00. The average molecular weight is 422 g/mol. The van der Waals surface area contributed by atoms with Crippen LogP contribution in [0.4, 0.5) is 10.1 Å². The minimum atomic E-state index is -0.238. The lowest BCUT2D eigenvalue weighted by atomic mass is 10.2. The number of benzene rings is 2. The molecule has 6 nitrogen and oxygen atoms in total. The van der Waals surface area contributed by atoms with Crippen LogP contribution in [-0.4, -0.2) is 57.7 Å². The van der Waals surface area contributed by atoms with E-state index < -0.39 is 0 Å². The number of rotatable bonds is 4. The number of amides is 1. The van der Waals surface area contributed by atoms with E-state index in [1.54, 1.807) is 18.5 Å². The van der Waals surface area contributed by atoms with Crippen LogP contribution in [0.15, 0.2) is 59.9 Å². The zero-order valence-electron chi connectivity index (χ0n) is 16.2. The number of carbonyl (C=O) groups is 1. The minimum Gasteiger partial charge on any atom is -0.368 e. The maximum absolute atomic E-state index is 13.1. The molecular weight excluding hydrogens is 401 g/mol. The second-order valence-corrected chi connectivity index (χ2v) is 8.17. The lowest BCUT2D eigenvalue weighted by molar-refractivity contribution is -0.128. The highest BCUT2D eigenvalue weighted by atomic mass is 32.2. The Morgan fingerprint density at radius 2 is 1.80 bits per heavy atom. The highest BCUT2D eigenvalue weighted by Crippen LogP contribution is 2.29. The van der Waals surface area contributed by atoms with E-state index in [1.165, 1.54) is 23.9 Å². The van der Waals surface area contributed by atoms with Crippen LogP contribution in [0.1, 0.15) is 0 Å². The zero-order chi connectivity index (χ0) is 20.5. The first-order valence-electron chi connectivity index (χ1n) is 9.81. The summed E-state index contributed by atoms with van der Waals surface area (Å²) < 4.78 is 13.1. The lowest BCUT2D eigenvalue weighted by Crippen LogP contribution is -2.49.